The van der Waals surface area contributed by atoms with Crippen molar-refractivity contribution >= 4 is 29.2 Å². The van der Waals surface area contributed by atoms with Crippen molar-refractivity contribution in [2.75, 3.05) is 25.0 Å². The van der Waals surface area contributed by atoms with E-state index in [0.717, 1.165) is 74.0 Å². The standard InChI is InChI=1S/C28H37ClN2O3/c1-4-12-25(28(33)30-27-21(2)17-24(29)18-22(27)3)31(15-10-5-6-11-16-31)19-26(32)34-20-23-13-8-7-9-14-23/h7-9,13-14,17-18,25H,4-6,10-12,15-16,19-20H2,1-3H3/p+1. The summed E-state index contributed by atoms with van der Waals surface area (Å²) in [7, 11) is 0. The van der Waals surface area contributed by atoms with Gasteiger partial charge in [0.2, 0.25) is 0 Å². The van der Waals surface area contributed by atoms with Crippen LogP contribution >= 0.6 is 11.6 Å². The summed E-state index contributed by atoms with van der Waals surface area (Å²) >= 11 is 6.20. The predicted molar refractivity (Wildman–Crippen MR) is 138 cm³/mol. The van der Waals surface area contributed by atoms with E-state index < -0.39 is 0 Å². The zero-order valence-corrected chi connectivity index (χ0v) is 21.5. The van der Waals surface area contributed by atoms with Gasteiger partial charge in [-0.05, 0) is 74.8 Å². The quantitative estimate of drug-likeness (QED) is 0.340. The van der Waals surface area contributed by atoms with Crippen molar-refractivity contribution in [3.8, 4) is 0 Å². The molecular weight excluding hydrogens is 448 g/mol. The van der Waals surface area contributed by atoms with E-state index in [2.05, 4.69) is 12.2 Å². The van der Waals surface area contributed by atoms with Gasteiger partial charge in [0.15, 0.2) is 12.6 Å². The Bertz CT molecular complexity index is 946. The Kier molecular flexibility index (Phi) is 9.54. The lowest BCUT2D eigenvalue weighted by Crippen LogP contribution is -2.62. The minimum atomic E-state index is -0.304. The van der Waals surface area contributed by atoms with Crippen LogP contribution in [0.4, 0.5) is 5.69 Å². The molecule has 1 amide bonds. The molecule has 34 heavy (non-hydrogen) atoms. The molecule has 0 radical (unpaired) electrons. The summed E-state index contributed by atoms with van der Waals surface area (Å²) in [5, 5.41) is 3.86. The van der Waals surface area contributed by atoms with Gasteiger partial charge < -0.3 is 14.5 Å². The van der Waals surface area contributed by atoms with Crippen LogP contribution < -0.4 is 5.32 Å². The summed E-state index contributed by atoms with van der Waals surface area (Å²) in [6, 6.07) is 13.2. The maximum atomic E-state index is 13.8. The molecule has 3 rings (SSSR count). The number of anilines is 1. The molecule has 1 aliphatic heterocycles. The molecule has 2 aromatic rings. The third-order valence-electron chi connectivity index (χ3n) is 6.92. The molecule has 0 spiro atoms. The topological polar surface area (TPSA) is 55.4 Å². The van der Waals surface area contributed by atoms with Crippen LogP contribution in [0.15, 0.2) is 42.5 Å². The number of hydrogen-bond donors (Lipinski definition) is 1. The maximum absolute atomic E-state index is 13.8. The zero-order chi connectivity index (χ0) is 24.6. The van der Waals surface area contributed by atoms with Crippen LogP contribution in [-0.4, -0.2) is 42.0 Å². The van der Waals surface area contributed by atoms with Crippen molar-refractivity contribution in [3.63, 3.8) is 0 Å². The highest BCUT2D eigenvalue weighted by atomic mass is 35.5. The smallest absolute Gasteiger partial charge is 0.362 e. The number of quaternary nitrogens is 1. The van der Waals surface area contributed by atoms with Crippen molar-refractivity contribution in [1.82, 2.24) is 0 Å². The number of carbonyl (C=O) groups excluding carboxylic acids is 2. The van der Waals surface area contributed by atoms with Gasteiger partial charge >= 0.3 is 5.97 Å². The first kappa shape index (κ1) is 26.2. The van der Waals surface area contributed by atoms with Gasteiger partial charge in [0.05, 0.1) is 13.1 Å². The largest absolute Gasteiger partial charge is 0.457 e. The lowest BCUT2D eigenvalue weighted by atomic mass is 10.0. The van der Waals surface area contributed by atoms with Crippen LogP contribution in [-0.2, 0) is 20.9 Å². The fourth-order valence-corrected chi connectivity index (χ4v) is 5.51. The normalized spacial score (nSPS) is 16.4. The zero-order valence-electron chi connectivity index (χ0n) is 20.7. The minimum absolute atomic E-state index is 0.0202. The summed E-state index contributed by atoms with van der Waals surface area (Å²) in [6.45, 7) is 8.13. The molecular formula is C28H38ClN2O3+. The number of rotatable bonds is 9. The molecule has 6 heteroatoms. The average molecular weight is 486 g/mol. The Morgan fingerprint density at radius 2 is 1.65 bits per heavy atom. The number of nitrogens with zero attached hydrogens (tertiary/aromatic N) is 1. The molecule has 1 saturated heterocycles. The molecule has 1 fully saturated rings. The summed E-state index contributed by atoms with van der Waals surface area (Å²) < 4.78 is 6.14. The second-order valence-corrected chi connectivity index (χ2v) is 10.0. The molecule has 0 bridgehead atoms. The molecule has 2 aromatic carbocycles. The van der Waals surface area contributed by atoms with Crippen LogP contribution in [0.2, 0.25) is 5.02 Å². The summed E-state index contributed by atoms with van der Waals surface area (Å²) in [6.07, 6.45) is 5.89. The van der Waals surface area contributed by atoms with Crippen LogP contribution in [0.3, 0.4) is 0 Å². The number of ether oxygens (including phenoxy) is 1. The Hall–Kier alpha value is -2.37. The fraction of sp³-hybridized carbons (Fsp3) is 0.500. The van der Waals surface area contributed by atoms with E-state index in [9.17, 15) is 9.59 Å². The predicted octanol–water partition coefficient (Wildman–Crippen LogP) is 6.20. The highest BCUT2D eigenvalue weighted by Crippen LogP contribution is 2.29. The molecule has 1 N–H and O–H groups in total. The highest BCUT2D eigenvalue weighted by molar-refractivity contribution is 6.30. The number of benzene rings is 2. The van der Waals surface area contributed by atoms with E-state index in [1.807, 2.05) is 56.3 Å². The lowest BCUT2D eigenvalue weighted by molar-refractivity contribution is -0.935. The number of likely N-dealkylation sites (tertiary alicyclic amines) is 1. The second-order valence-electron chi connectivity index (χ2n) is 9.59. The number of carbonyl (C=O) groups is 2. The first-order valence-corrected chi connectivity index (χ1v) is 12.9. The van der Waals surface area contributed by atoms with Gasteiger partial charge in [-0.1, -0.05) is 48.9 Å². The van der Waals surface area contributed by atoms with Gasteiger partial charge in [-0.3, -0.25) is 4.79 Å². The summed E-state index contributed by atoms with van der Waals surface area (Å²) in [5.41, 5.74) is 3.67. The second kappa shape index (κ2) is 12.4. The van der Waals surface area contributed by atoms with E-state index in [1.165, 1.54) is 0 Å². The molecule has 0 saturated carbocycles. The number of hydrogen-bond acceptors (Lipinski definition) is 3. The lowest BCUT2D eigenvalue weighted by Gasteiger charge is -2.42. The Morgan fingerprint density at radius 3 is 2.24 bits per heavy atom. The van der Waals surface area contributed by atoms with Crippen molar-refractivity contribution < 1.29 is 18.8 Å². The number of nitrogens with one attached hydrogen (secondary N) is 1. The van der Waals surface area contributed by atoms with Crippen molar-refractivity contribution in [2.45, 2.75) is 71.9 Å². The molecule has 0 aromatic heterocycles. The van der Waals surface area contributed by atoms with Gasteiger partial charge in [-0.25, -0.2) is 4.79 Å². The molecule has 1 atom stereocenters. The van der Waals surface area contributed by atoms with E-state index in [4.69, 9.17) is 16.3 Å². The van der Waals surface area contributed by atoms with Crippen LogP contribution in [0.5, 0.6) is 0 Å². The molecule has 5 nitrogen and oxygen atoms in total. The van der Waals surface area contributed by atoms with Gasteiger partial charge in [-0.2, -0.15) is 0 Å². The van der Waals surface area contributed by atoms with E-state index in [-0.39, 0.29) is 31.1 Å². The number of esters is 1. The molecule has 1 heterocycles. The molecule has 1 unspecified atom stereocenters. The molecule has 1 aliphatic rings. The first-order chi connectivity index (χ1) is 16.3. The van der Waals surface area contributed by atoms with E-state index in [0.29, 0.717) is 9.51 Å². The monoisotopic (exact) mass is 485 g/mol. The third kappa shape index (κ3) is 6.83. The van der Waals surface area contributed by atoms with Gasteiger partial charge in [-0.15, -0.1) is 0 Å². The van der Waals surface area contributed by atoms with Crippen LogP contribution in [0.25, 0.3) is 0 Å². The molecule has 0 aliphatic carbocycles. The van der Waals surface area contributed by atoms with E-state index >= 15 is 0 Å². The van der Waals surface area contributed by atoms with Crippen molar-refractivity contribution in [3.05, 3.63) is 64.2 Å². The molecule has 184 valence electrons. The summed E-state index contributed by atoms with van der Waals surface area (Å²) in [4.78, 5) is 26.8. The Morgan fingerprint density at radius 1 is 1.03 bits per heavy atom. The van der Waals surface area contributed by atoms with Crippen molar-refractivity contribution in [1.29, 1.82) is 0 Å². The number of aryl methyl sites for hydroxylation is 2. The highest BCUT2D eigenvalue weighted by Gasteiger charge is 2.43. The first-order valence-electron chi connectivity index (χ1n) is 12.5. The van der Waals surface area contributed by atoms with Gasteiger partial charge in [0, 0.05) is 17.1 Å². The number of halogens is 1. The van der Waals surface area contributed by atoms with Crippen molar-refractivity contribution in [2.24, 2.45) is 0 Å². The van der Waals surface area contributed by atoms with Gasteiger partial charge in [0.1, 0.15) is 6.61 Å². The van der Waals surface area contributed by atoms with E-state index in [1.54, 1.807) is 0 Å². The maximum Gasteiger partial charge on any atom is 0.362 e. The van der Waals surface area contributed by atoms with Crippen LogP contribution in [0, 0.1) is 13.8 Å². The van der Waals surface area contributed by atoms with Gasteiger partial charge in [0.25, 0.3) is 5.91 Å². The fourth-order valence-electron chi connectivity index (χ4n) is 5.18. The third-order valence-corrected chi connectivity index (χ3v) is 7.13. The Balaban J connectivity index is 1.83. The van der Waals surface area contributed by atoms with Crippen LogP contribution in [0.1, 0.15) is 62.1 Å². The summed E-state index contributed by atoms with van der Waals surface area (Å²) in [5.74, 6) is -0.258. The average Bonchev–Trinajstić information content (AvgIpc) is 3.05. The SMILES string of the molecule is CCCC(C(=O)Nc1c(C)cc(Cl)cc1C)[N+]1(CC(=O)OCc2ccccc2)CCCCCC1. The Labute approximate surface area is 209 Å². The number of amides is 1. The minimum Gasteiger partial charge on any atom is -0.457 e.